The normalized spacial score (nSPS) is 11.4. The molecule has 3 rings (SSSR count). The number of hydrogen-bond acceptors (Lipinski definition) is 2. The number of phenolic OH excluding ortho intramolecular Hbond substituents is 1. The maximum Gasteiger partial charge on any atom is 0.224 e. The third kappa shape index (κ3) is 5.10. The van der Waals surface area contributed by atoms with Gasteiger partial charge in [0.1, 0.15) is 5.75 Å². The number of nitrogens with one attached hydrogen (secondary N) is 1. The summed E-state index contributed by atoms with van der Waals surface area (Å²) < 4.78 is 0. The lowest BCUT2D eigenvalue weighted by molar-refractivity contribution is -0.116. The van der Waals surface area contributed by atoms with Crippen LogP contribution < -0.4 is 5.32 Å². The second-order valence-electron chi connectivity index (χ2n) is 8.96. The highest BCUT2D eigenvalue weighted by Crippen LogP contribution is 2.31. The molecule has 3 aromatic rings. The number of amides is 1. The van der Waals surface area contributed by atoms with Gasteiger partial charge in [0.05, 0.1) is 0 Å². The first-order valence-electron chi connectivity index (χ1n) is 10.4. The molecular formula is C27H31NO2. The molecule has 0 aliphatic carbocycles. The molecule has 0 aromatic heterocycles. The minimum absolute atomic E-state index is 0.0162. The van der Waals surface area contributed by atoms with Crippen LogP contribution in [0.1, 0.15) is 49.4 Å². The SMILES string of the molecule is Cc1c(NC(=O)CCc2ccc(C(C)(C)C)cc2)ccc(-c2cccc(O)c2)c1C. The van der Waals surface area contributed by atoms with Crippen LogP contribution >= 0.6 is 0 Å². The Hall–Kier alpha value is -3.07. The van der Waals surface area contributed by atoms with Gasteiger partial charge >= 0.3 is 0 Å². The summed E-state index contributed by atoms with van der Waals surface area (Å²) in [6, 6.07) is 19.7. The summed E-state index contributed by atoms with van der Waals surface area (Å²) in [4.78, 5) is 12.5. The average molecular weight is 402 g/mol. The summed E-state index contributed by atoms with van der Waals surface area (Å²) in [6.07, 6.45) is 1.16. The van der Waals surface area contributed by atoms with Crippen LogP contribution in [-0.4, -0.2) is 11.0 Å². The number of benzene rings is 3. The van der Waals surface area contributed by atoms with E-state index in [1.54, 1.807) is 12.1 Å². The Morgan fingerprint density at radius 2 is 1.63 bits per heavy atom. The lowest BCUT2D eigenvalue weighted by Gasteiger charge is -2.19. The Morgan fingerprint density at radius 3 is 2.27 bits per heavy atom. The lowest BCUT2D eigenvalue weighted by Crippen LogP contribution is -2.14. The van der Waals surface area contributed by atoms with E-state index in [1.807, 2.05) is 38.1 Å². The standard InChI is InChI=1S/C27H31NO2/c1-18-19(2)25(15-14-24(18)21-7-6-8-23(29)17-21)28-26(30)16-11-20-9-12-22(13-10-20)27(3,4)5/h6-10,12-15,17,29H,11,16H2,1-5H3,(H,28,30). The first kappa shape index (κ1) is 21.6. The van der Waals surface area contributed by atoms with E-state index < -0.39 is 0 Å². The quantitative estimate of drug-likeness (QED) is 0.509. The molecule has 0 radical (unpaired) electrons. The van der Waals surface area contributed by atoms with E-state index in [0.717, 1.165) is 34.4 Å². The second kappa shape index (κ2) is 8.74. The average Bonchev–Trinajstić information content (AvgIpc) is 2.70. The van der Waals surface area contributed by atoms with Crippen molar-refractivity contribution in [3.63, 3.8) is 0 Å². The van der Waals surface area contributed by atoms with Crippen LogP contribution in [0.4, 0.5) is 5.69 Å². The number of aryl methyl sites for hydroxylation is 1. The van der Waals surface area contributed by atoms with Gasteiger partial charge < -0.3 is 10.4 Å². The Morgan fingerprint density at radius 1 is 0.933 bits per heavy atom. The smallest absolute Gasteiger partial charge is 0.224 e. The summed E-state index contributed by atoms with van der Waals surface area (Å²) in [5.41, 5.74) is 7.60. The molecule has 2 N–H and O–H groups in total. The van der Waals surface area contributed by atoms with Crippen molar-refractivity contribution in [2.24, 2.45) is 0 Å². The summed E-state index contributed by atoms with van der Waals surface area (Å²) in [6.45, 7) is 10.7. The van der Waals surface area contributed by atoms with Crippen molar-refractivity contribution >= 4 is 11.6 Å². The topological polar surface area (TPSA) is 49.3 Å². The van der Waals surface area contributed by atoms with E-state index in [1.165, 1.54) is 11.1 Å². The largest absolute Gasteiger partial charge is 0.508 e. The van der Waals surface area contributed by atoms with Gasteiger partial charge in [0.2, 0.25) is 5.91 Å². The minimum atomic E-state index is 0.0162. The number of aromatic hydroxyl groups is 1. The third-order valence-electron chi connectivity index (χ3n) is 5.68. The number of rotatable bonds is 5. The number of carbonyl (C=O) groups is 1. The van der Waals surface area contributed by atoms with Crippen molar-refractivity contribution in [2.75, 3.05) is 5.32 Å². The lowest BCUT2D eigenvalue weighted by atomic mass is 9.86. The van der Waals surface area contributed by atoms with Gasteiger partial charge in [-0.05, 0) is 77.3 Å². The number of carbonyl (C=O) groups excluding carboxylic acids is 1. The monoisotopic (exact) mass is 401 g/mol. The summed E-state index contributed by atoms with van der Waals surface area (Å²) in [5, 5.41) is 12.8. The van der Waals surface area contributed by atoms with Gasteiger partial charge in [-0.2, -0.15) is 0 Å². The Balaban J connectivity index is 1.66. The van der Waals surface area contributed by atoms with Gasteiger partial charge in [0.15, 0.2) is 0 Å². The molecular weight excluding hydrogens is 370 g/mol. The first-order chi connectivity index (χ1) is 14.1. The molecule has 0 saturated carbocycles. The van der Waals surface area contributed by atoms with E-state index in [0.29, 0.717) is 6.42 Å². The van der Waals surface area contributed by atoms with Crippen molar-refractivity contribution in [3.8, 4) is 16.9 Å². The summed E-state index contributed by atoms with van der Waals surface area (Å²) >= 11 is 0. The van der Waals surface area contributed by atoms with Crippen LogP contribution in [0.3, 0.4) is 0 Å². The Labute approximate surface area is 179 Å². The first-order valence-corrected chi connectivity index (χ1v) is 10.4. The van der Waals surface area contributed by atoms with Crippen LogP contribution in [0.15, 0.2) is 60.7 Å². The van der Waals surface area contributed by atoms with Crippen molar-refractivity contribution in [2.45, 2.75) is 52.9 Å². The van der Waals surface area contributed by atoms with Gasteiger partial charge in [0.25, 0.3) is 0 Å². The molecule has 3 heteroatoms. The zero-order chi connectivity index (χ0) is 21.9. The van der Waals surface area contributed by atoms with Gasteiger partial charge in [-0.1, -0.05) is 63.2 Å². The molecule has 0 bridgehead atoms. The predicted molar refractivity (Wildman–Crippen MR) is 125 cm³/mol. The van der Waals surface area contributed by atoms with Crippen molar-refractivity contribution in [3.05, 3.63) is 82.9 Å². The molecule has 0 unspecified atom stereocenters. The summed E-state index contributed by atoms with van der Waals surface area (Å²) in [5.74, 6) is 0.264. The minimum Gasteiger partial charge on any atom is -0.508 e. The van der Waals surface area contributed by atoms with Crippen LogP contribution in [0.2, 0.25) is 0 Å². The van der Waals surface area contributed by atoms with E-state index in [9.17, 15) is 9.90 Å². The van der Waals surface area contributed by atoms with E-state index >= 15 is 0 Å². The van der Waals surface area contributed by atoms with E-state index in [-0.39, 0.29) is 17.1 Å². The molecule has 0 spiro atoms. The molecule has 0 aliphatic rings. The molecule has 0 fully saturated rings. The van der Waals surface area contributed by atoms with Crippen LogP contribution in [0, 0.1) is 13.8 Å². The number of hydrogen-bond donors (Lipinski definition) is 2. The maximum atomic E-state index is 12.5. The van der Waals surface area contributed by atoms with Gasteiger partial charge in [-0.3, -0.25) is 4.79 Å². The molecule has 0 heterocycles. The maximum absolute atomic E-state index is 12.5. The highest BCUT2D eigenvalue weighted by Gasteiger charge is 2.14. The molecule has 0 saturated heterocycles. The van der Waals surface area contributed by atoms with E-state index in [2.05, 4.69) is 50.4 Å². The molecule has 0 atom stereocenters. The van der Waals surface area contributed by atoms with Crippen LogP contribution in [0.5, 0.6) is 5.75 Å². The highest BCUT2D eigenvalue weighted by atomic mass is 16.3. The van der Waals surface area contributed by atoms with Gasteiger partial charge in [0, 0.05) is 12.1 Å². The molecule has 156 valence electrons. The van der Waals surface area contributed by atoms with Crippen molar-refractivity contribution in [1.29, 1.82) is 0 Å². The van der Waals surface area contributed by atoms with Crippen LogP contribution in [-0.2, 0) is 16.6 Å². The molecule has 1 amide bonds. The second-order valence-corrected chi connectivity index (χ2v) is 8.96. The number of phenols is 1. The van der Waals surface area contributed by atoms with Crippen molar-refractivity contribution in [1.82, 2.24) is 0 Å². The third-order valence-corrected chi connectivity index (χ3v) is 5.68. The zero-order valence-electron chi connectivity index (χ0n) is 18.5. The molecule has 3 aromatic carbocycles. The molecule has 30 heavy (non-hydrogen) atoms. The molecule has 3 nitrogen and oxygen atoms in total. The van der Waals surface area contributed by atoms with Gasteiger partial charge in [-0.15, -0.1) is 0 Å². The fourth-order valence-corrected chi connectivity index (χ4v) is 3.58. The highest BCUT2D eigenvalue weighted by molar-refractivity contribution is 5.92. The van der Waals surface area contributed by atoms with Crippen LogP contribution in [0.25, 0.3) is 11.1 Å². The van der Waals surface area contributed by atoms with E-state index in [4.69, 9.17) is 0 Å². The Kier molecular flexibility index (Phi) is 6.31. The summed E-state index contributed by atoms with van der Waals surface area (Å²) in [7, 11) is 0. The van der Waals surface area contributed by atoms with Crippen molar-refractivity contribution < 1.29 is 9.90 Å². The zero-order valence-corrected chi connectivity index (χ0v) is 18.5. The van der Waals surface area contributed by atoms with Gasteiger partial charge in [-0.25, -0.2) is 0 Å². The Bertz CT molecular complexity index is 1040. The number of anilines is 1. The fraction of sp³-hybridized carbons (Fsp3) is 0.296. The molecule has 0 aliphatic heterocycles. The predicted octanol–water partition coefficient (Wildman–Crippen LogP) is 6.54. The fourth-order valence-electron chi connectivity index (χ4n) is 3.58.